The molecule has 2 atom stereocenters. The predicted molar refractivity (Wildman–Crippen MR) is 75.5 cm³/mol. The van der Waals surface area contributed by atoms with E-state index in [1.807, 2.05) is 0 Å². The fraction of sp³-hybridized carbons (Fsp3) is 0.933. The van der Waals surface area contributed by atoms with E-state index < -0.39 is 6.10 Å². The molecule has 1 spiro atoms. The van der Waals surface area contributed by atoms with Crippen LogP contribution in [0.4, 0.5) is 0 Å². The summed E-state index contributed by atoms with van der Waals surface area (Å²) in [4.78, 5) is 12.2. The highest BCUT2D eigenvalue weighted by Gasteiger charge is 2.38. The second-order valence-corrected chi connectivity index (χ2v) is 6.40. The second-order valence-electron chi connectivity index (χ2n) is 6.40. The summed E-state index contributed by atoms with van der Waals surface area (Å²) < 4.78 is 10.8. The Morgan fingerprint density at radius 2 is 2.05 bits per heavy atom. The minimum atomic E-state index is -0.416. The van der Waals surface area contributed by atoms with E-state index in [-0.39, 0.29) is 17.5 Å². The topological polar surface area (TPSA) is 59.6 Å². The van der Waals surface area contributed by atoms with E-state index in [9.17, 15) is 4.79 Å². The van der Waals surface area contributed by atoms with Crippen molar-refractivity contribution in [2.45, 2.75) is 62.6 Å². The van der Waals surface area contributed by atoms with Gasteiger partial charge in [0.25, 0.3) is 5.91 Å². The van der Waals surface area contributed by atoms with Gasteiger partial charge in [-0.25, -0.2) is 0 Å². The molecule has 1 saturated carbocycles. The van der Waals surface area contributed by atoms with Gasteiger partial charge < -0.3 is 20.1 Å². The lowest BCUT2D eigenvalue weighted by molar-refractivity contribution is -0.148. The Balaban J connectivity index is 1.52. The fourth-order valence-corrected chi connectivity index (χ4v) is 3.82. The molecule has 2 unspecified atom stereocenters. The number of nitrogens with one attached hydrogen (secondary N) is 2. The van der Waals surface area contributed by atoms with Crippen molar-refractivity contribution in [2.24, 2.45) is 0 Å². The molecule has 2 heterocycles. The molecule has 3 fully saturated rings. The van der Waals surface area contributed by atoms with Crippen LogP contribution in [0.5, 0.6) is 0 Å². The van der Waals surface area contributed by atoms with Crippen molar-refractivity contribution in [1.29, 1.82) is 0 Å². The summed E-state index contributed by atoms with van der Waals surface area (Å²) in [5, 5.41) is 6.89. The average Bonchev–Trinajstić information content (AvgIpc) is 2.49. The van der Waals surface area contributed by atoms with E-state index in [2.05, 4.69) is 10.6 Å². The van der Waals surface area contributed by atoms with Crippen LogP contribution in [0.1, 0.15) is 44.9 Å². The molecule has 2 saturated heterocycles. The Morgan fingerprint density at radius 3 is 2.80 bits per heavy atom. The molecule has 20 heavy (non-hydrogen) atoms. The molecule has 0 aromatic carbocycles. The number of carbonyl (C=O) groups is 1. The predicted octanol–water partition coefficient (Wildman–Crippen LogP) is 0.973. The summed E-state index contributed by atoms with van der Waals surface area (Å²) in [6.45, 7) is 2.52. The lowest BCUT2D eigenvalue weighted by Crippen LogP contribution is -2.58. The third-order valence-corrected chi connectivity index (χ3v) is 4.90. The van der Waals surface area contributed by atoms with Crippen LogP contribution in [0, 0.1) is 0 Å². The second kappa shape index (κ2) is 6.41. The van der Waals surface area contributed by atoms with Gasteiger partial charge in [0, 0.05) is 11.6 Å². The molecular formula is C15H26N2O3. The maximum atomic E-state index is 12.2. The average molecular weight is 282 g/mol. The molecule has 2 N–H and O–H groups in total. The number of carbonyl (C=O) groups excluding carboxylic acids is 1. The Kier molecular flexibility index (Phi) is 4.58. The third kappa shape index (κ3) is 3.32. The molecule has 3 rings (SSSR count). The van der Waals surface area contributed by atoms with Crippen molar-refractivity contribution in [3.05, 3.63) is 0 Å². The molecule has 0 aromatic rings. The van der Waals surface area contributed by atoms with Gasteiger partial charge in [-0.05, 0) is 32.2 Å². The molecule has 0 bridgehead atoms. The summed E-state index contributed by atoms with van der Waals surface area (Å²) in [6, 6.07) is 0.285. The summed E-state index contributed by atoms with van der Waals surface area (Å²) in [6.07, 6.45) is 8.15. The Bertz CT molecular complexity index is 331. The quantitative estimate of drug-likeness (QED) is 0.792. The smallest absolute Gasteiger partial charge is 0.251 e. The van der Waals surface area contributed by atoms with Crippen molar-refractivity contribution in [3.8, 4) is 0 Å². The highest BCUT2D eigenvalue weighted by molar-refractivity contribution is 5.81. The van der Waals surface area contributed by atoms with E-state index in [4.69, 9.17) is 9.47 Å². The minimum absolute atomic E-state index is 0.00237. The molecule has 3 aliphatic rings. The van der Waals surface area contributed by atoms with Gasteiger partial charge in [-0.3, -0.25) is 4.79 Å². The third-order valence-electron chi connectivity index (χ3n) is 4.90. The molecule has 0 aromatic heterocycles. The summed E-state index contributed by atoms with van der Waals surface area (Å²) in [5.74, 6) is 0.00237. The van der Waals surface area contributed by atoms with Crippen LogP contribution in [-0.2, 0) is 14.3 Å². The highest BCUT2D eigenvalue weighted by atomic mass is 16.6. The van der Waals surface area contributed by atoms with E-state index >= 15 is 0 Å². The number of piperidine rings is 1. The van der Waals surface area contributed by atoms with Gasteiger partial charge >= 0.3 is 0 Å². The largest absolute Gasteiger partial charge is 0.376 e. The Labute approximate surface area is 120 Å². The van der Waals surface area contributed by atoms with Crippen molar-refractivity contribution >= 4 is 5.91 Å². The van der Waals surface area contributed by atoms with Crippen LogP contribution in [0.15, 0.2) is 0 Å². The first-order valence-corrected chi connectivity index (χ1v) is 8.02. The van der Waals surface area contributed by atoms with Crippen LogP contribution in [-0.4, -0.2) is 50.0 Å². The molecule has 114 valence electrons. The summed E-state index contributed by atoms with van der Waals surface area (Å²) in [7, 11) is 0. The van der Waals surface area contributed by atoms with E-state index in [0.717, 1.165) is 19.4 Å². The van der Waals surface area contributed by atoms with Crippen LogP contribution < -0.4 is 10.6 Å². The molecule has 5 nitrogen and oxygen atoms in total. The van der Waals surface area contributed by atoms with Gasteiger partial charge in [0.05, 0.1) is 19.8 Å². The maximum Gasteiger partial charge on any atom is 0.251 e. The first kappa shape index (κ1) is 14.3. The van der Waals surface area contributed by atoms with Gasteiger partial charge in [0.2, 0.25) is 0 Å². The van der Waals surface area contributed by atoms with Gasteiger partial charge in [0.15, 0.2) is 6.10 Å². The first-order valence-electron chi connectivity index (χ1n) is 8.02. The lowest BCUT2D eigenvalue weighted by Gasteiger charge is -2.45. The zero-order valence-corrected chi connectivity index (χ0v) is 12.2. The fourth-order valence-electron chi connectivity index (χ4n) is 3.82. The van der Waals surface area contributed by atoms with Crippen molar-refractivity contribution in [2.75, 3.05) is 26.4 Å². The van der Waals surface area contributed by atoms with Gasteiger partial charge in [-0.2, -0.15) is 0 Å². The number of hydrogen-bond donors (Lipinski definition) is 2. The van der Waals surface area contributed by atoms with E-state index in [1.165, 1.54) is 32.1 Å². The normalized spacial score (nSPS) is 33.8. The highest BCUT2D eigenvalue weighted by Crippen LogP contribution is 2.34. The van der Waals surface area contributed by atoms with Gasteiger partial charge in [-0.15, -0.1) is 0 Å². The zero-order chi connectivity index (χ0) is 13.8. The van der Waals surface area contributed by atoms with Gasteiger partial charge in [-0.1, -0.05) is 19.3 Å². The molecular weight excluding hydrogens is 256 g/mol. The summed E-state index contributed by atoms with van der Waals surface area (Å²) >= 11 is 0. The lowest BCUT2D eigenvalue weighted by atomic mass is 9.75. The Hall–Kier alpha value is -0.650. The molecule has 5 heteroatoms. The maximum absolute atomic E-state index is 12.2. The zero-order valence-electron chi connectivity index (χ0n) is 12.2. The van der Waals surface area contributed by atoms with Crippen LogP contribution >= 0.6 is 0 Å². The number of ether oxygens (including phenoxy) is 2. The monoisotopic (exact) mass is 282 g/mol. The van der Waals surface area contributed by atoms with Crippen LogP contribution in [0.3, 0.4) is 0 Å². The number of rotatable bonds is 2. The van der Waals surface area contributed by atoms with E-state index in [0.29, 0.717) is 19.8 Å². The number of hydrogen-bond acceptors (Lipinski definition) is 4. The minimum Gasteiger partial charge on any atom is -0.376 e. The Morgan fingerprint density at radius 1 is 1.20 bits per heavy atom. The molecule has 0 radical (unpaired) electrons. The van der Waals surface area contributed by atoms with Crippen molar-refractivity contribution < 1.29 is 14.3 Å². The van der Waals surface area contributed by atoms with Crippen LogP contribution in [0.25, 0.3) is 0 Å². The molecule has 1 amide bonds. The van der Waals surface area contributed by atoms with E-state index in [1.54, 1.807) is 0 Å². The van der Waals surface area contributed by atoms with Crippen molar-refractivity contribution in [3.63, 3.8) is 0 Å². The first-order chi connectivity index (χ1) is 9.77. The molecule has 1 aliphatic carbocycles. The summed E-state index contributed by atoms with van der Waals surface area (Å²) in [5.41, 5.74) is 0.276. The molecule has 2 aliphatic heterocycles. The SMILES string of the molecule is O=C(NC1CCNC2(CCCCC2)C1)C1COCCO1. The van der Waals surface area contributed by atoms with Crippen LogP contribution in [0.2, 0.25) is 0 Å². The van der Waals surface area contributed by atoms with Crippen molar-refractivity contribution in [1.82, 2.24) is 10.6 Å². The number of amides is 1. The van der Waals surface area contributed by atoms with Gasteiger partial charge in [0.1, 0.15) is 0 Å². The standard InChI is InChI=1S/C15H26N2O3/c18-14(13-11-19-8-9-20-13)17-12-4-7-16-15(10-12)5-2-1-3-6-15/h12-13,16H,1-11H2,(H,17,18).